The van der Waals surface area contributed by atoms with E-state index in [2.05, 4.69) is 54.8 Å². The molecule has 0 atom stereocenters. The maximum atomic E-state index is 3.45. The summed E-state index contributed by atoms with van der Waals surface area (Å²) >= 11 is 0. The topological polar surface area (TPSA) is 24.1 Å². The molecule has 0 aromatic heterocycles. The number of hydrogen-bond acceptors (Lipinski definition) is 2. The van der Waals surface area contributed by atoms with Gasteiger partial charge in [-0.2, -0.15) is 0 Å². The third-order valence-electron chi connectivity index (χ3n) is 2.52. The molecule has 0 spiro atoms. The number of nitrogens with one attached hydrogen (secondary N) is 2. The van der Waals surface area contributed by atoms with E-state index in [1.54, 1.807) is 0 Å². The molecular formula is C14H24N2. The molecule has 90 valence electrons. The molecule has 2 nitrogen and oxygen atoms in total. The van der Waals surface area contributed by atoms with E-state index in [0.717, 1.165) is 19.6 Å². The van der Waals surface area contributed by atoms with Crippen LogP contribution < -0.4 is 10.6 Å². The van der Waals surface area contributed by atoms with E-state index in [4.69, 9.17) is 0 Å². The first-order chi connectivity index (χ1) is 7.79. The van der Waals surface area contributed by atoms with Gasteiger partial charge in [-0.15, -0.1) is 0 Å². The molecule has 0 aliphatic heterocycles. The minimum absolute atomic E-state index is 0.589. The Morgan fingerprint density at radius 2 is 1.75 bits per heavy atom. The van der Waals surface area contributed by atoms with E-state index < -0.39 is 0 Å². The fraction of sp³-hybridized carbons (Fsp3) is 0.571. The predicted molar refractivity (Wildman–Crippen MR) is 70.8 cm³/mol. The van der Waals surface area contributed by atoms with Crippen molar-refractivity contribution in [3.63, 3.8) is 0 Å². The van der Waals surface area contributed by atoms with Crippen LogP contribution in [-0.2, 0) is 6.42 Å². The van der Waals surface area contributed by atoms with Gasteiger partial charge in [-0.05, 0) is 24.9 Å². The van der Waals surface area contributed by atoms with Gasteiger partial charge in [-0.1, -0.05) is 44.2 Å². The first kappa shape index (κ1) is 13.2. The highest BCUT2D eigenvalue weighted by Crippen LogP contribution is 2.01. The Balaban J connectivity index is 1.93. The molecule has 2 heteroatoms. The van der Waals surface area contributed by atoms with Gasteiger partial charge in [0.25, 0.3) is 0 Å². The minimum Gasteiger partial charge on any atom is -0.315 e. The van der Waals surface area contributed by atoms with Crippen molar-refractivity contribution >= 4 is 0 Å². The lowest BCUT2D eigenvalue weighted by atomic mass is 10.1. The van der Waals surface area contributed by atoms with Crippen molar-refractivity contribution in [1.29, 1.82) is 0 Å². The van der Waals surface area contributed by atoms with Crippen LogP contribution in [0.5, 0.6) is 0 Å². The van der Waals surface area contributed by atoms with Crippen LogP contribution in [0.15, 0.2) is 30.3 Å². The first-order valence-electron chi connectivity index (χ1n) is 6.27. The molecule has 0 bridgehead atoms. The molecule has 0 amide bonds. The van der Waals surface area contributed by atoms with Gasteiger partial charge >= 0.3 is 0 Å². The van der Waals surface area contributed by atoms with E-state index >= 15 is 0 Å². The Morgan fingerprint density at radius 3 is 2.44 bits per heavy atom. The van der Waals surface area contributed by atoms with Gasteiger partial charge in [-0.3, -0.25) is 0 Å². The SMILES string of the molecule is CC(C)NCCNCCCc1ccccc1. The van der Waals surface area contributed by atoms with Crippen molar-refractivity contribution in [3.05, 3.63) is 35.9 Å². The molecule has 1 rings (SSSR count). The minimum atomic E-state index is 0.589. The lowest BCUT2D eigenvalue weighted by Crippen LogP contribution is -2.32. The molecule has 16 heavy (non-hydrogen) atoms. The number of rotatable bonds is 8. The second-order valence-corrected chi connectivity index (χ2v) is 4.45. The molecule has 0 unspecified atom stereocenters. The summed E-state index contributed by atoms with van der Waals surface area (Å²) in [5, 5.41) is 6.84. The van der Waals surface area contributed by atoms with E-state index in [1.807, 2.05) is 0 Å². The molecule has 1 aromatic rings. The van der Waals surface area contributed by atoms with Crippen molar-refractivity contribution in [1.82, 2.24) is 10.6 Å². The van der Waals surface area contributed by atoms with Gasteiger partial charge < -0.3 is 10.6 Å². The van der Waals surface area contributed by atoms with Crippen molar-refractivity contribution in [3.8, 4) is 0 Å². The first-order valence-corrected chi connectivity index (χ1v) is 6.27. The average Bonchev–Trinajstić information content (AvgIpc) is 2.29. The zero-order valence-electron chi connectivity index (χ0n) is 10.5. The van der Waals surface area contributed by atoms with E-state index in [1.165, 1.54) is 18.4 Å². The summed E-state index contributed by atoms with van der Waals surface area (Å²) in [4.78, 5) is 0. The van der Waals surface area contributed by atoms with Crippen molar-refractivity contribution in [2.45, 2.75) is 32.7 Å². The summed E-state index contributed by atoms with van der Waals surface area (Å²) in [6.07, 6.45) is 2.39. The lowest BCUT2D eigenvalue weighted by molar-refractivity contribution is 0.550. The van der Waals surface area contributed by atoms with E-state index in [9.17, 15) is 0 Å². The highest BCUT2D eigenvalue weighted by Gasteiger charge is 1.93. The second kappa shape index (κ2) is 8.31. The van der Waals surface area contributed by atoms with Crippen LogP contribution in [0.1, 0.15) is 25.8 Å². The Hall–Kier alpha value is -0.860. The zero-order chi connectivity index (χ0) is 11.6. The molecule has 0 aliphatic rings. The maximum absolute atomic E-state index is 3.45. The molecule has 0 saturated heterocycles. The Kier molecular flexibility index (Phi) is 6.86. The van der Waals surface area contributed by atoms with Crippen molar-refractivity contribution < 1.29 is 0 Å². The van der Waals surface area contributed by atoms with E-state index in [0.29, 0.717) is 6.04 Å². The van der Waals surface area contributed by atoms with Crippen LogP contribution in [0, 0.1) is 0 Å². The monoisotopic (exact) mass is 220 g/mol. The highest BCUT2D eigenvalue weighted by atomic mass is 14.9. The summed E-state index contributed by atoms with van der Waals surface area (Å²) in [6, 6.07) is 11.3. The maximum Gasteiger partial charge on any atom is 0.00790 e. The van der Waals surface area contributed by atoms with Crippen LogP contribution in [0.3, 0.4) is 0 Å². The second-order valence-electron chi connectivity index (χ2n) is 4.45. The Labute approximate surface area is 99.5 Å². The van der Waals surface area contributed by atoms with Crippen LogP contribution >= 0.6 is 0 Å². The molecule has 0 aliphatic carbocycles. The summed E-state index contributed by atoms with van der Waals surface area (Å²) < 4.78 is 0. The smallest absolute Gasteiger partial charge is 0.00790 e. The summed E-state index contributed by atoms with van der Waals surface area (Å²) in [7, 11) is 0. The standard InChI is InChI=1S/C14H24N2/c1-13(2)16-12-11-15-10-6-9-14-7-4-3-5-8-14/h3-5,7-8,13,15-16H,6,9-12H2,1-2H3. The molecule has 1 aromatic carbocycles. The summed E-state index contributed by atoms with van der Waals surface area (Å²) in [6.45, 7) is 7.58. The van der Waals surface area contributed by atoms with Crippen molar-refractivity contribution in [2.24, 2.45) is 0 Å². The van der Waals surface area contributed by atoms with Gasteiger partial charge in [0.2, 0.25) is 0 Å². The molecular weight excluding hydrogens is 196 g/mol. The van der Waals surface area contributed by atoms with Gasteiger partial charge in [0.1, 0.15) is 0 Å². The lowest BCUT2D eigenvalue weighted by Gasteiger charge is -2.08. The summed E-state index contributed by atoms with van der Waals surface area (Å²) in [5.74, 6) is 0. The van der Waals surface area contributed by atoms with Gasteiger partial charge in [-0.25, -0.2) is 0 Å². The molecule has 2 N–H and O–H groups in total. The molecule has 0 saturated carbocycles. The van der Waals surface area contributed by atoms with Crippen molar-refractivity contribution in [2.75, 3.05) is 19.6 Å². The normalized spacial score (nSPS) is 10.9. The number of aryl methyl sites for hydroxylation is 1. The van der Waals surface area contributed by atoms with Gasteiger partial charge in [0, 0.05) is 19.1 Å². The van der Waals surface area contributed by atoms with Crippen LogP contribution in [0.4, 0.5) is 0 Å². The largest absolute Gasteiger partial charge is 0.315 e. The number of hydrogen-bond donors (Lipinski definition) is 2. The summed E-state index contributed by atoms with van der Waals surface area (Å²) in [5.41, 5.74) is 1.43. The van der Waals surface area contributed by atoms with Gasteiger partial charge in [0.15, 0.2) is 0 Å². The Morgan fingerprint density at radius 1 is 1.00 bits per heavy atom. The third-order valence-corrected chi connectivity index (χ3v) is 2.52. The fourth-order valence-electron chi connectivity index (χ4n) is 1.64. The average molecular weight is 220 g/mol. The number of benzene rings is 1. The van der Waals surface area contributed by atoms with Crippen LogP contribution in [-0.4, -0.2) is 25.7 Å². The van der Waals surface area contributed by atoms with Crippen LogP contribution in [0.25, 0.3) is 0 Å². The zero-order valence-corrected chi connectivity index (χ0v) is 10.5. The highest BCUT2D eigenvalue weighted by molar-refractivity contribution is 5.14. The third kappa shape index (κ3) is 6.59. The van der Waals surface area contributed by atoms with Gasteiger partial charge in [0.05, 0.1) is 0 Å². The fourth-order valence-corrected chi connectivity index (χ4v) is 1.64. The molecule has 0 radical (unpaired) electrons. The molecule has 0 fully saturated rings. The van der Waals surface area contributed by atoms with E-state index in [-0.39, 0.29) is 0 Å². The Bertz CT molecular complexity index is 257. The quantitative estimate of drug-likeness (QED) is 0.656. The van der Waals surface area contributed by atoms with Crippen LogP contribution in [0.2, 0.25) is 0 Å². The predicted octanol–water partition coefficient (Wildman–Crippen LogP) is 2.21. The molecule has 0 heterocycles.